The summed E-state index contributed by atoms with van der Waals surface area (Å²) in [4.78, 5) is 10.0. The zero-order valence-electron chi connectivity index (χ0n) is 7.29. The van der Waals surface area contributed by atoms with Crippen LogP contribution in [0.1, 0.15) is 12.8 Å². The molecule has 4 heteroatoms. The highest BCUT2D eigenvalue weighted by atomic mass is 79.9. The fourth-order valence-corrected chi connectivity index (χ4v) is 1.65. The van der Waals surface area contributed by atoms with E-state index in [1.165, 1.54) is 0 Å². The van der Waals surface area contributed by atoms with Crippen molar-refractivity contribution in [3.63, 3.8) is 0 Å². The fraction of sp³-hybridized carbons (Fsp3) is 0.444. The summed E-state index contributed by atoms with van der Waals surface area (Å²) >= 11 is 3.10. The average molecular weight is 247 g/mol. The molecule has 1 unspecified atom stereocenters. The Labute approximate surface area is 85.2 Å². The van der Waals surface area contributed by atoms with Crippen molar-refractivity contribution in [3.8, 4) is 0 Å². The predicted molar refractivity (Wildman–Crippen MR) is 52.8 cm³/mol. The Morgan fingerprint density at radius 1 is 1.62 bits per heavy atom. The van der Waals surface area contributed by atoms with Crippen LogP contribution in [0.15, 0.2) is 23.5 Å². The number of methoxy groups -OCH3 is 1. The first-order chi connectivity index (χ1) is 6.16. The molecule has 1 aliphatic carbocycles. The molecule has 1 atom stereocenters. The Balaban J connectivity index is 2.83. The Morgan fingerprint density at radius 2 is 2.23 bits per heavy atom. The molecule has 0 saturated carbocycles. The largest absolute Gasteiger partial charge is 0.497 e. The van der Waals surface area contributed by atoms with E-state index < -0.39 is 10.8 Å². The summed E-state index contributed by atoms with van der Waals surface area (Å²) in [6.07, 6.45) is 5.59. The minimum Gasteiger partial charge on any atom is -0.497 e. The molecule has 13 heavy (non-hydrogen) atoms. The molecule has 1 rings (SSSR count). The number of aliphatic carboxylic acids is 1. The molecule has 1 N–H and O–H groups in total. The van der Waals surface area contributed by atoms with E-state index in [0.717, 1.165) is 12.8 Å². The maximum absolute atomic E-state index is 10.7. The van der Waals surface area contributed by atoms with Gasteiger partial charge in [0.25, 0.3) is 0 Å². The minimum atomic E-state index is -0.892. The van der Waals surface area contributed by atoms with Crippen molar-refractivity contribution in [2.24, 2.45) is 0 Å². The van der Waals surface area contributed by atoms with Crippen molar-refractivity contribution in [2.75, 3.05) is 7.11 Å². The maximum atomic E-state index is 10.7. The zero-order valence-corrected chi connectivity index (χ0v) is 8.87. The number of rotatable bonds is 3. The van der Waals surface area contributed by atoms with Crippen molar-refractivity contribution in [1.82, 2.24) is 0 Å². The first-order valence-corrected chi connectivity index (χ1v) is 4.90. The molecule has 0 spiro atoms. The molecule has 1 aliphatic rings. The van der Waals surface area contributed by atoms with Crippen molar-refractivity contribution >= 4 is 21.9 Å². The second-order valence-corrected chi connectivity index (χ2v) is 3.63. The Bertz CT molecular complexity index is 268. The average Bonchev–Trinajstić information content (AvgIpc) is 2.16. The fourth-order valence-electron chi connectivity index (χ4n) is 1.23. The van der Waals surface area contributed by atoms with Crippen LogP contribution < -0.4 is 0 Å². The second-order valence-electron chi connectivity index (χ2n) is 2.71. The zero-order chi connectivity index (χ0) is 9.84. The number of allylic oxidation sites excluding steroid dienone is 3. The number of carboxylic acids is 1. The summed E-state index contributed by atoms with van der Waals surface area (Å²) in [7, 11) is 1.55. The quantitative estimate of drug-likeness (QED) is 0.776. The normalized spacial score (nSPS) is 18.6. The molecule has 0 aromatic heterocycles. The van der Waals surface area contributed by atoms with Crippen LogP contribution in [0, 0.1) is 0 Å². The molecule has 0 amide bonds. The lowest BCUT2D eigenvalue weighted by atomic mass is 10.0. The predicted octanol–water partition coefficient (Wildman–Crippen LogP) is 2.08. The molecular weight excluding hydrogens is 236 g/mol. The van der Waals surface area contributed by atoms with Gasteiger partial charge in [-0.05, 0) is 18.9 Å². The highest BCUT2D eigenvalue weighted by Crippen LogP contribution is 2.26. The van der Waals surface area contributed by atoms with E-state index in [-0.39, 0.29) is 0 Å². The van der Waals surface area contributed by atoms with E-state index in [1.807, 2.05) is 12.2 Å². The number of alkyl halides is 1. The molecule has 0 bridgehead atoms. The molecule has 0 aliphatic heterocycles. The van der Waals surface area contributed by atoms with Gasteiger partial charge in [-0.3, -0.25) is 4.79 Å². The topological polar surface area (TPSA) is 46.5 Å². The van der Waals surface area contributed by atoms with Crippen LogP contribution in [-0.2, 0) is 9.53 Å². The van der Waals surface area contributed by atoms with E-state index in [0.29, 0.717) is 11.3 Å². The molecule has 3 nitrogen and oxygen atoms in total. The summed E-state index contributed by atoms with van der Waals surface area (Å²) in [6.45, 7) is 0. The van der Waals surface area contributed by atoms with Crippen molar-refractivity contribution in [2.45, 2.75) is 17.7 Å². The lowest BCUT2D eigenvalue weighted by Crippen LogP contribution is -2.18. The molecule has 0 aromatic carbocycles. The summed E-state index contributed by atoms with van der Waals surface area (Å²) in [6, 6.07) is 0. The molecule has 72 valence electrons. The number of hydrogen-bond acceptors (Lipinski definition) is 2. The lowest BCUT2D eigenvalue weighted by molar-refractivity contribution is -0.135. The number of carbonyl (C=O) groups is 1. The van der Waals surface area contributed by atoms with Gasteiger partial charge in [0, 0.05) is 5.57 Å². The van der Waals surface area contributed by atoms with E-state index in [9.17, 15) is 4.79 Å². The summed E-state index contributed by atoms with van der Waals surface area (Å²) in [5, 5.41) is 8.78. The van der Waals surface area contributed by atoms with E-state index >= 15 is 0 Å². The van der Waals surface area contributed by atoms with Gasteiger partial charge in [-0.15, -0.1) is 0 Å². The number of carboxylic acid groups (broad SMARTS) is 1. The van der Waals surface area contributed by atoms with Gasteiger partial charge in [0.1, 0.15) is 10.6 Å². The molecular formula is C9H11BrO3. The number of ether oxygens (including phenoxy) is 1. The van der Waals surface area contributed by atoms with Crippen LogP contribution in [0.2, 0.25) is 0 Å². The van der Waals surface area contributed by atoms with Crippen LogP contribution in [-0.4, -0.2) is 23.0 Å². The molecule has 0 radical (unpaired) electrons. The third-order valence-electron chi connectivity index (χ3n) is 1.85. The van der Waals surface area contributed by atoms with E-state index in [4.69, 9.17) is 9.84 Å². The van der Waals surface area contributed by atoms with E-state index in [1.54, 1.807) is 7.11 Å². The van der Waals surface area contributed by atoms with Gasteiger partial charge in [-0.25, -0.2) is 0 Å². The Hall–Kier alpha value is -0.770. The van der Waals surface area contributed by atoms with Crippen LogP contribution in [0.25, 0.3) is 0 Å². The van der Waals surface area contributed by atoms with Gasteiger partial charge in [-0.2, -0.15) is 0 Å². The van der Waals surface area contributed by atoms with Gasteiger partial charge in [-0.1, -0.05) is 22.0 Å². The van der Waals surface area contributed by atoms with Gasteiger partial charge < -0.3 is 9.84 Å². The van der Waals surface area contributed by atoms with Gasteiger partial charge in [0.15, 0.2) is 0 Å². The first kappa shape index (κ1) is 10.3. The summed E-state index contributed by atoms with van der Waals surface area (Å²) in [5.41, 5.74) is 0.709. The summed E-state index contributed by atoms with van der Waals surface area (Å²) in [5.74, 6) is -0.230. The van der Waals surface area contributed by atoms with Crippen LogP contribution in [0.5, 0.6) is 0 Å². The minimum absolute atomic E-state index is 0.663. The SMILES string of the molecule is COC1=CCCC=C1C(Br)C(=O)O. The molecule has 0 saturated heterocycles. The highest BCUT2D eigenvalue weighted by Gasteiger charge is 2.23. The lowest BCUT2D eigenvalue weighted by Gasteiger charge is -2.16. The summed E-state index contributed by atoms with van der Waals surface area (Å²) < 4.78 is 5.07. The smallest absolute Gasteiger partial charge is 0.321 e. The van der Waals surface area contributed by atoms with Crippen molar-refractivity contribution in [3.05, 3.63) is 23.5 Å². The van der Waals surface area contributed by atoms with E-state index in [2.05, 4.69) is 15.9 Å². The van der Waals surface area contributed by atoms with Gasteiger partial charge in [0.05, 0.1) is 7.11 Å². The first-order valence-electron chi connectivity index (χ1n) is 3.98. The van der Waals surface area contributed by atoms with Gasteiger partial charge in [0.2, 0.25) is 0 Å². The second kappa shape index (κ2) is 4.46. The third kappa shape index (κ3) is 2.34. The van der Waals surface area contributed by atoms with Gasteiger partial charge >= 0.3 is 5.97 Å². The third-order valence-corrected chi connectivity index (χ3v) is 2.74. The molecule has 0 heterocycles. The highest BCUT2D eigenvalue weighted by molar-refractivity contribution is 9.10. The van der Waals surface area contributed by atoms with Crippen LogP contribution in [0.4, 0.5) is 0 Å². The Kier molecular flexibility index (Phi) is 3.54. The monoisotopic (exact) mass is 246 g/mol. The van der Waals surface area contributed by atoms with Crippen molar-refractivity contribution in [1.29, 1.82) is 0 Å². The van der Waals surface area contributed by atoms with Crippen molar-refractivity contribution < 1.29 is 14.6 Å². The molecule has 0 aromatic rings. The standard InChI is InChI=1S/C9H11BrO3/c1-13-7-5-3-2-4-6(7)8(10)9(11)12/h4-5,8H,2-3H2,1H3,(H,11,12). The van der Waals surface area contributed by atoms with Crippen LogP contribution >= 0.6 is 15.9 Å². The number of hydrogen-bond donors (Lipinski definition) is 1. The maximum Gasteiger partial charge on any atom is 0.321 e. The molecule has 0 fully saturated rings. The Morgan fingerprint density at radius 3 is 2.77 bits per heavy atom. The van der Waals surface area contributed by atoms with Crippen LogP contribution in [0.3, 0.4) is 0 Å². The number of halogens is 1.